The predicted molar refractivity (Wildman–Crippen MR) is 105 cm³/mol. The van der Waals surface area contributed by atoms with E-state index in [0.717, 1.165) is 11.1 Å². The summed E-state index contributed by atoms with van der Waals surface area (Å²) in [5.41, 5.74) is 2.49. The minimum absolute atomic E-state index is 0.204. The zero-order valence-corrected chi connectivity index (χ0v) is 15.6. The molecule has 1 aliphatic heterocycles. The van der Waals surface area contributed by atoms with Crippen LogP contribution in [0.1, 0.15) is 27.6 Å². The van der Waals surface area contributed by atoms with Crippen LogP contribution in [0.25, 0.3) is 11.1 Å². The molecule has 0 saturated carbocycles. The molecular weight excluding hydrogens is 370 g/mol. The number of hydrogen-bond acceptors (Lipinski definition) is 5. The molecule has 6 heteroatoms. The summed E-state index contributed by atoms with van der Waals surface area (Å²) in [5.74, 6) is -1.71. The summed E-state index contributed by atoms with van der Waals surface area (Å²) in [7, 11) is 0. The zero-order valence-electron chi connectivity index (χ0n) is 15.6. The van der Waals surface area contributed by atoms with Crippen LogP contribution in [0.15, 0.2) is 78.9 Å². The maximum atomic E-state index is 12.3. The Hall–Kier alpha value is -3.93. The van der Waals surface area contributed by atoms with Crippen molar-refractivity contribution in [3.8, 4) is 16.9 Å². The smallest absolute Gasteiger partial charge is 0.373 e. The molecule has 0 unspecified atom stereocenters. The number of amides is 2. The normalized spacial score (nSPS) is 13.8. The molecule has 0 aromatic heterocycles. The van der Waals surface area contributed by atoms with Gasteiger partial charge in [0, 0.05) is 0 Å². The molecular formula is C23H17NO5. The highest BCUT2D eigenvalue weighted by Gasteiger charge is 2.39. The Morgan fingerprint density at radius 1 is 0.759 bits per heavy atom. The molecule has 4 rings (SSSR count). The zero-order chi connectivity index (χ0) is 20.4. The summed E-state index contributed by atoms with van der Waals surface area (Å²) in [6.45, 7) is 1.49. The summed E-state index contributed by atoms with van der Waals surface area (Å²) in [4.78, 5) is 41.9. The van der Waals surface area contributed by atoms with E-state index in [9.17, 15) is 14.4 Å². The summed E-state index contributed by atoms with van der Waals surface area (Å²) in [6, 6.07) is 23.4. The first kappa shape index (κ1) is 18.4. The number of carbonyl (C=O) groups is 3. The van der Waals surface area contributed by atoms with Gasteiger partial charge in [-0.3, -0.25) is 9.59 Å². The molecule has 2 amide bonds. The molecule has 144 valence electrons. The Morgan fingerprint density at radius 2 is 1.28 bits per heavy atom. The third-order valence-corrected chi connectivity index (χ3v) is 4.54. The first-order valence-corrected chi connectivity index (χ1v) is 9.06. The third-order valence-electron chi connectivity index (χ3n) is 4.54. The first-order valence-electron chi connectivity index (χ1n) is 9.06. The van der Waals surface area contributed by atoms with E-state index >= 15 is 0 Å². The standard InChI is InChI=1S/C23H17NO5/c1-15(28-18-13-11-17(12-14-18)16-7-3-2-4-8-16)23(27)29-24-21(25)19-9-5-6-10-20(19)22(24)26/h2-15H,1H3/t15-/m0/s1. The van der Waals surface area contributed by atoms with E-state index in [-0.39, 0.29) is 11.1 Å². The Labute approximate surface area is 167 Å². The average molecular weight is 387 g/mol. The Bertz CT molecular complexity index is 1040. The molecule has 1 atom stereocenters. The van der Waals surface area contributed by atoms with Crippen LogP contribution >= 0.6 is 0 Å². The van der Waals surface area contributed by atoms with Gasteiger partial charge in [-0.1, -0.05) is 59.7 Å². The molecule has 0 aliphatic carbocycles. The molecule has 1 aliphatic rings. The number of carbonyl (C=O) groups excluding carboxylic acids is 3. The van der Waals surface area contributed by atoms with Gasteiger partial charge in [-0.2, -0.15) is 0 Å². The maximum absolute atomic E-state index is 12.3. The Morgan fingerprint density at radius 3 is 1.86 bits per heavy atom. The van der Waals surface area contributed by atoms with Gasteiger partial charge < -0.3 is 9.57 Å². The van der Waals surface area contributed by atoms with Crippen molar-refractivity contribution in [3.05, 3.63) is 90.0 Å². The van der Waals surface area contributed by atoms with Crippen molar-refractivity contribution in [2.75, 3.05) is 0 Å². The molecule has 0 fully saturated rings. The molecule has 0 saturated heterocycles. The van der Waals surface area contributed by atoms with Crippen molar-refractivity contribution in [3.63, 3.8) is 0 Å². The van der Waals surface area contributed by atoms with Crippen molar-refractivity contribution >= 4 is 17.8 Å². The molecule has 1 heterocycles. The van der Waals surface area contributed by atoms with Crippen LogP contribution in [-0.4, -0.2) is 29.0 Å². The molecule has 3 aromatic carbocycles. The van der Waals surface area contributed by atoms with Gasteiger partial charge in [0.15, 0.2) is 6.10 Å². The second kappa shape index (κ2) is 7.59. The average Bonchev–Trinajstić information content (AvgIpc) is 3.00. The quantitative estimate of drug-likeness (QED) is 0.622. The number of fused-ring (bicyclic) bond motifs is 1. The number of imide groups is 1. The molecule has 3 aromatic rings. The Kier molecular flexibility index (Phi) is 4.83. The van der Waals surface area contributed by atoms with Crippen molar-refractivity contribution in [2.24, 2.45) is 0 Å². The van der Waals surface area contributed by atoms with Gasteiger partial charge in [0.2, 0.25) is 0 Å². The lowest BCUT2D eigenvalue weighted by Crippen LogP contribution is -2.37. The number of hydrogen-bond donors (Lipinski definition) is 0. The highest BCUT2D eigenvalue weighted by Crippen LogP contribution is 2.25. The van der Waals surface area contributed by atoms with Crippen LogP contribution in [0.5, 0.6) is 5.75 Å². The van der Waals surface area contributed by atoms with Crippen LogP contribution in [0, 0.1) is 0 Å². The lowest BCUT2D eigenvalue weighted by molar-refractivity contribution is -0.176. The van der Waals surface area contributed by atoms with E-state index in [1.54, 1.807) is 24.3 Å². The van der Waals surface area contributed by atoms with Gasteiger partial charge >= 0.3 is 5.97 Å². The van der Waals surface area contributed by atoms with Crippen LogP contribution in [0.2, 0.25) is 0 Å². The fraction of sp³-hybridized carbons (Fsp3) is 0.0870. The van der Waals surface area contributed by atoms with Crippen molar-refractivity contribution in [1.29, 1.82) is 0 Å². The monoisotopic (exact) mass is 387 g/mol. The number of nitrogens with zero attached hydrogens (tertiary/aromatic N) is 1. The van der Waals surface area contributed by atoms with Crippen molar-refractivity contribution < 1.29 is 24.0 Å². The number of benzene rings is 3. The number of hydroxylamine groups is 2. The lowest BCUT2D eigenvalue weighted by atomic mass is 10.1. The highest BCUT2D eigenvalue weighted by atomic mass is 16.7. The molecule has 6 nitrogen and oxygen atoms in total. The van der Waals surface area contributed by atoms with E-state index in [4.69, 9.17) is 9.57 Å². The summed E-state index contributed by atoms with van der Waals surface area (Å²) < 4.78 is 5.60. The minimum Gasteiger partial charge on any atom is -0.479 e. The van der Waals surface area contributed by atoms with Gasteiger partial charge in [-0.15, -0.1) is 0 Å². The molecule has 0 radical (unpaired) electrons. The lowest BCUT2D eigenvalue weighted by Gasteiger charge is -2.17. The third kappa shape index (κ3) is 3.60. The van der Waals surface area contributed by atoms with E-state index in [0.29, 0.717) is 10.8 Å². The van der Waals surface area contributed by atoms with Crippen LogP contribution in [0.4, 0.5) is 0 Å². The van der Waals surface area contributed by atoms with E-state index in [1.807, 2.05) is 42.5 Å². The Balaban J connectivity index is 1.40. The number of rotatable bonds is 5. The van der Waals surface area contributed by atoms with E-state index in [1.165, 1.54) is 19.1 Å². The highest BCUT2D eigenvalue weighted by molar-refractivity contribution is 6.20. The molecule has 0 bridgehead atoms. The van der Waals surface area contributed by atoms with Crippen LogP contribution in [0.3, 0.4) is 0 Å². The van der Waals surface area contributed by atoms with Gasteiger partial charge in [0.05, 0.1) is 11.1 Å². The van der Waals surface area contributed by atoms with Crippen LogP contribution in [-0.2, 0) is 9.63 Å². The summed E-state index contributed by atoms with van der Waals surface area (Å²) in [5, 5.41) is 0.478. The largest absolute Gasteiger partial charge is 0.479 e. The number of ether oxygens (including phenoxy) is 1. The van der Waals surface area contributed by atoms with Crippen molar-refractivity contribution in [1.82, 2.24) is 5.06 Å². The summed E-state index contributed by atoms with van der Waals surface area (Å²) >= 11 is 0. The van der Waals surface area contributed by atoms with Gasteiger partial charge in [0.1, 0.15) is 5.75 Å². The van der Waals surface area contributed by atoms with E-state index in [2.05, 4.69) is 0 Å². The second-order valence-corrected chi connectivity index (χ2v) is 6.51. The fourth-order valence-corrected chi connectivity index (χ4v) is 3.02. The van der Waals surface area contributed by atoms with Crippen molar-refractivity contribution in [2.45, 2.75) is 13.0 Å². The van der Waals surface area contributed by atoms with Crippen LogP contribution < -0.4 is 4.74 Å². The minimum atomic E-state index is -1.01. The topological polar surface area (TPSA) is 72.9 Å². The SMILES string of the molecule is C[C@H](Oc1ccc(-c2ccccc2)cc1)C(=O)ON1C(=O)c2ccccc2C1=O. The summed E-state index contributed by atoms with van der Waals surface area (Å²) in [6.07, 6.45) is -1.01. The molecule has 0 N–H and O–H groups in total. The maximum Gasteiger partial charge on any atom is 0.373 e. The van der Waals surface area contributed by atoms with Gasteiger partial charge in [-0.05, 0) is 42.3 Å². The molecule has 0 spiro atoms. The van der Waals surface area contributed by atoms with Gasteiger partial charge in [0.25, 0.3) is 11.8 Å². The first-order chi connectivity index (χ1) is 14.0. The fourth-order valence-electron chi connectivity index (χ4n) is 3.02. The van der Waals surface area contributed by atoms with Gasteiger partial charge in [-0.25, -0.2) is 4.79 Å². The molecule has 29 heavy (non-hydrogen) atoms. The second-order valence-electron chi connectivity index (χ2n) is 6.51. The predicted octanol–water partition coefficient (Wildman–Crippen LogP) is 3.88. The van der Waals surface area contributed by atoms with E-state index < -0.39 is 23.9 Å².